The number of carbonyl (C=O) groups is 2. The van der Waals surface area contributed by atoms with Crippen LogP contribution >= 0.6 is 11.3 Å². The average molecular weight is 462 g/mol. The number of morpholine rings is 1. The minimum atomic E-state index is -0.480. The minimum Gasteiger partial charge on any atom is -0.378 e. The second-order valence-corrected chi connectivity index (χ2v) is 10.5. The van der Waals surface area contributed by atoms with Crippen molar-refractivity contribution in [3.05, 3.63) is 58.6 Å². The van der Waals surface area contributed by atoms with Gasteiger partial charge in [-0.05, 0) is 41.2 Å². The normalized spacial score (nSPS) is 17.6. The molecule has 0 atom stereocenters. The quantitative estimate of drug-likeness (QED) is 0.615. The number of hydrogen-bond donors (Lipinski definition) is 1. The van der Waals surface area contributed by atoms with Gasteiger partial charge in [0.25, 0.3) is 0 Å². The van der Waals surface area contributed by atoms with Crippen molar-refractivity contribution in [2.45, 2.75) is 26.7 Å². The van der Waals surface area contributed by atoms with Gasteiger partial charge in [-0.3, -0.25) is 14.6 Å². The van der Waals surface area contributed by atoms with Crippen LogP contribution in [0, 0.1) is 5.41 Å². The molecule has 33 heavy (non-hydrogen) atoms. The van der Waals surface area contributed by atoms with E-state index in [0.29, 0.717) is 36.5 Å². The van der Waals surface area contributed by atoms with Gasteiger partial charge in [0.2, 0.25) is 5.91 Å². The van der Waals surface area contributed by atoms with Gasteiger partial charge >= 0.3 is 0 Å². The van der Waals surface area contributed by atoms with E-state index in [1.807, 2.05) is 24.3 Å². The number of ether oxygens (including phenoxy) is 1. The summed E-state index contributed by atoms with van der Waals surface area (Å²) in [5, 5.41) is 1.12. The first-order chi connectivity index (χ1) is 15.8. The first-order valence-electron chi connectivity index (χ1n) is 11.2. The van der Waals surface area contributed by atoms with E-state index in [9.17, 15) is 9.59 Å². The lowest BCUT2D eigenvalue weighted by Gasteiger charge is -2.30. The molecular formula is C26H27N3O3S. The molecule has 0 bridgehead atoms. The SMILES string of the molecule is CC1(C)CC(=O)c2sc(N3CCOCC3)c(-c3ccnc(-c4ccccc4C(N)=O)c3)c2C1. The lowest BCUT2D eigenvalue weighted by atomic mass is 9.75. The Morgan fingerprint density at radius 2 is 1.91 bits per heavy atom. The summed E-state index contributed by atoms with van der Waals surface area (Å²) < 4.78 is 5.58. The Labute approximate surface area is 197 Å². The molecule has 0 spiro atoms. The number of amides is 1. The Balaban J connectivity index is 1.69. The molecule has 170 valence electrons. The molecule has 3 heterocycles. The van der Waals surface area contributed by atoms with Gasteiger partial charge in [-0.1, -0.05) is 32.0 Å². The fourth-order valence-electron chi connectivity index (χ4n) is 4.84. The van der Waals surface area contributed by atoms with E-state index >= 15 is 0 Å². The third-order valence-corrected chi connectivity index (χ3v) is 7.69. The Morgan fingerprint density at radius 1 is 1.15 bits per heavy atom. The summed E-state index contributed by atoms with van der Waals surface area (Å²) in [6.45, 7) is 7.26. The van der Waals surface area contributed by atoms with Crippen LogP contribution in [-0.2, 0) is 11.2 Å². The van der Waals surface area contributed by atoms with Crippen molar-refractivity contribution >= 4 is 28.0 Å². The summed E-state index contributed by atoms with van der Waals surface area (Å²) in [5.41, 5.74) is 10.6. The van der Waals surface area contributed by atoms with Crippen molar-refractivity contribution < 1.29 is 14.3 Å². The highest BCUT2D eigenvalue weighted by Gasteiger charge is 2.37. The van der Waals surface area contributed by atoms with Gasteiger partial charge in [0.15, 0.2) is 5.78 Å². The molecule has 6 nitrogen and oxygen atoms in total. The summed E-state index contributed by atoms with van der Waals surface area (Å²) in [6.07, 6.45) is 3.18. The number of carbonyl (C=O) groups excluding carboxylic acids is 2. The number of fused-ring (bicyclic) bond motifs is 1. The second-order valence-electron chi connectivity index (χ2n) is 9.47. The number of hydrogen-bond acceptors (Lipinski definition) is 6. The number of anilines is 1. The van der Waals surface area contributed by atoms with E-state index in [2.05, 4.69) is 23.7 Å². The Hall–Kier alpha value is -3.03. The summed E-state index contributed by atoms with van der Waals surface area (Å²) in [4.78, 5) is 32.9. The van der Waals surface area contributed by atoms with E-state index in [-0.39, 0.29) is 11.2 Å². The highest BCUT2D eigenvalue weighted by atomic mass is 32.1. The summed E-state index contributed by atoms with van der Waals surface area (Å²) in [6, 6.07) is 11.3. The number of nitrogens with two attached hydrogens (primary N) is 1. The van der Waals surface area contributed by atoms with Gasteiger partial charge in [-0.25, -0.2) is 0 Å². The van der Waals surface area contributed by atoms with Crippen LogP contribution < -0.4 is 10.6 Å². The number of thiophene rings is 1. The third-order valence-electron chi connectivity index (χ3n) is 6.35. The molecule has 5 rings (SSSR count). The molecule has 1 saturated heterocycles. The van der Waals surface area contributed by atoms with Crippen LogP contribution in [0.15, 0.2) is 42.6 Å². The molecular weight excluding hydrogens is 434 g/mol. The van der Waals surface area contributed by atoms with Crippen LogP contribution in [0.25, 0.3) is 22.4 Å². The third kappa shape index (κ3) is 4.07. The zero-order chi connectivity index (χ0) is 23.2. The van der Waals surface area contributed by atoms with E-state index in [4.69, 9.17) is 10.5 Å². The molecule has 1 aliphatic heterocycles. The van der Waals surface area contributed by atoms with E-state index in [1.165, 1.54) is 0 Å². The largest absolute Gasteiger partial charge is 0.378 e. The number of benzene rings is 1. The fraction of sp³-hybridized carbons (Fsp3) is 0.346. The zero-order valence-electron chi connectivity index (χ0n) is 18.9. The van der Waals surface area contributed by atoms with Crippen molar-refractivity contribution in [3.8, 4) is 22.4 Å². The van der Waals surface area contributed by atoms with Crippen LogP contribution in [0.2, 0.25) is 0 Å². The van der Waals surface area contributed by atoms with Crippen LogP contribution in [-0.4, -0.2) is 43.0 Å². The molecule has 1 amide bonds. The number of ketones is 1. The minimum absolute atomic E-state index is 0.0867. The molecule has 0 saturated carbocycles. The number of rotatable bonds is 4. The summed E-state index contributed by atoms with van der Waals surface area (Å²) >= 11 is 1.61. The lowest BCUT2D eigenvalue weighted by Crippen LogP contribution is -2.36. The number of nitrogens with zero attached hydrogens (tertiary/aromatic N) is 2. The second kappa shape index (κ2) is 8.39. The first-order valence-corrected chi connectivity index (χ1v) is 12.0. The molecule has 2 N–H and O–H groups in total. The van der Waals surface area contributed by atoms with Gasteiger partial charge in [0.1, 0.15) is 0 Å². The highest BCUT2D eigenvalue weighted by molar-refractivity contribution is 7.19. The van der Waals surface area contributed by atoms with E-state index in [1.54, 1.807) is 29.7 Å². The van der Waals surface area contributed by atoms with Gasteiger partial charge in [0.05, 0.1) is 28.8 Å². The smallest absolute Gasteiger partial charge is 0.249 e. The standard InChI is InChI=1S/C26H27N3O3S/c1-26(2)14-19-22(25(29-9-11-32-12-10-29)33-23(19)21(30)15-26)16-7-8-28-20(13-16)17-5-3-4-6-18(17)24(27)31/h3-8,13H,9-12,14-15H2,1-2H3,(H2,27,31). The Bertz CT molecular complexity index is 1240. The predicted octanol–water partition coefficient (Wildman–Crippen LogP) is 4.57. The van der Waals surface area contributed by atoms with Crippen LogP contribution in [0.4, 0.5) is 5.00 Å². The van der Waals surface area contributed by atoms with Crippen LogP contribution in [0.5, 0.6) is 0 Å². The monoisotopic (exact) mass is 461 g/mol. The molecule has 1 aliphatic carbocycles. The number of Topliss-reactive ketones (excluding diaryl/α,β-unsaturated/α-hetero) is 1. The average Bonchev–Trinajstić information content (AvgIpc) is 3.18. The molecule has 7 heteroatoms. The predicted molar refractivity (Wildman–Crippen MR) is 131 cm³/mol. The fourth-order valence-corrected chi connectivity index (χ4v) is 6.17. The Morgan fingerprint density at radius 3 is 2.67 bits per heavy atom. The van der Waals surface area contributed by atoms with Gasteiger partial charge in [-0.15, -0.1) is 11.3 Å². The van der Waals surface area contributed by atoms with Crippen LogP contribution in [0.3, 0.4) is 0 Å². The van der Waals surface area contributed by atoms with E-state index in [0.717, 1.165) is 46.1 Å². The maximum absolute atomic E-state index is 13.1. The van der Waals surface area contributed by atoms with Crippen molar-refractivity contribution in [2.75, 3.05) is 31.2 Å². The van der Waals surface area contributed by atoms with E-state index < -0.39 is 5.91 Å². The molecule has 1 aromatic carbocycles. The highest BCUT2D eigenvalue weighted by Crippen LogP contribution is 2.49. The topological polar surface area (TPSA) is 85.5 Å². The summed E-state index contributed by atoms with van der Waals surface area (Å²) in [5.74, 6) is -0.257. The van der Waals surface area contributed by atoms with Crippen molar-refractivity contribution in [3.63, 3.8) is 0 Å². The molecule has 0 unspecified atom stereocenters. The summed E-state index contributed by atoms with van der Waals surface area (Å²) in [7, 11) is 0. The molecule has 0 radical (unpaired) electrons. The number of primary amides is 1. The maximum atomic E-state index is 13.1. The van der Waals surface area contributed by atoms with Crippen LogP contribution in [0.1, 0.15) is 45.9 Å². The molecule has 1 fully saturated rings. The first kappa shape index (κ1) is 21.8. The van der Waals surface area contributed by atoms with Crippen molar-refractivity contribution in [1.82, 2.24) is 4.98 Å². The number of pyridine rings is 1. The maximum Gasteiger partial charge on any atom is 0.249 e. The molecule has 2 aliphatic rings. The zero-order valence-corrected chi connectivity index (χ0v) is 19.7. The Kier molecular flexibility index (Phi) is 5.54. The van der Waals surface area contributed by atoms with Crippen molar-refractivity contribution in [1.29, 1.82) is 0 Å². The van der Waals surface area contributed by atoms with Gasteiger partial charge < -0.3 is 15.4 Å². The molecule has 3 aromatic rings. The van der Waals surface area contributed by atoms with Gasteiger partial charge in [-0.2, -0.15) is 0 Å². The van der Waals surface area contributed by atoms with Crippen molar-refractivity contribution in [2.24, 2.45) is 11.1 Å². The van der Waals surface area contributed by atoms with Gasteiger partial charge in [0, 0.05) is 42.4 Å². The lowest BCUT2D eigenvalue weighted by molar-refractivity contribution is 0.0917. The number of aromatic nitrogens is 1. The molecule has 2 aromatic heterocycles.